The summed E-state index contributed by atoms with van der Waals surface area (Å²) in [5.41, 5.74) is 0.377. The summed E-state index contributed by atoms with van der Waals surface area (Å²) in [4.78, 5) is 11.6. The lowest BCUT2D eigenvalue weighted by Crippen LogP contribution is -2.33. The first-order chi connectivity index (χ1) is 7.17. The van der Waals surface area contributed by atoms with Gasteiger partial charge in [0.05, 0.1) is 0 Å². The normalized spacial score (nSPS) is 10.4. The molecule has 1 amide bonds. The van der Waals surface area contributed by atoms with Gasteiger partial charge in [0.2, 0.25) is 0 Å². The monoisotopic (exact) mass is 209 g/mol. The van der Waals surface area contributed by atoms with Crippen molar-refractivity contribution < 1.29 is 9.18 Å². The number of rotatable bonds is 4. The molecule has 15 heavy (non-hydrogen) atoms. The van der Waals surface area contributed by atoms with Crippen molar-refractivity contribution in [3.63, 3.8) is 0 Å². The van der Waals surface area contributed by atoms with Crippen molar-refractivity contribution in [3.05, 3.63) is 35.6 Å². The van der Waals surface area contributed by atoms with Crippen molar-refractivity contribution in [1.82, 2.24) is 5.32 Å². The molecule has 0 spiro atoms. The number of carbonyl (C=O) groups excluding carboxylic acids is 1. The second-order valence-corrected chi connectivity index (χ2v) is 3.50. The van der Waals surface area contributed by atoms with E-state index in [1.807, 2.05) is 13.8 Å². The van der Waals surface area contributed by atoms with Gasteiger partial charge in [0.15, 0.2) is 0 Å². The Morgan fingerprint density at radius 1 is 1.40 bits per heavy atom. The van der Waals surface area contributed by atoms with Crippen molar-refractivity contribution in [2.24, 2.45) is 0 Å². The van der Waals surface area contributed by atoms with Gasteiger partial charge < -0.3 is 5.32 Å². The van der Waals surface area contributed by atoms with E-state index < -0.39 is 0 Å². The number of hydrogen-bond acceptors (Lipinski definition) is 1. The molecule has 1 aromatic carbocycles. The fourth-order valence-electron chi connectivity index (χ4n) is 1.39. The highest BCUT2D eigenvalue weighted by molar-refractivity contribution is 5.94. The minimum absolute atomic E-state index is 0.167. The van der Waals surface area contributed by atoms with Gasteiger partial charge in [-0.2, -0.15) is 0 Å². The van der Waals surface area contributed by atoms with E-state index in [4.69, 9.17) is 0 Å². The Labute approximate surface area is 89.5 Å². The minimum Gasteiger partial charge on any atom is -0.349 e. The van der Waals surface area contributed by atoms with E-state index in [2.05, 4.69) is 5.32 Å². The molecule has 3 heteroatoms. The van der Waals surface area contributed by atoms with Crippen LogP contribution in [0.2, 0.25) is 0 Å². The van der Waals surface area contributed by atoms with E-state index >= 15 is 0 Å². The van der Waals surface area contributed by atoms with Crippen molar-refractivity contribution in [3.8, 4) is 0 Å². The largest absolute Gasteiger partial charge is 0.349 e. The van der Waals surface area contributed by atoms with E-state index in [1.54, 1.807) is 6.07 Å². The molecule has 0 bridgehead atoms. The van der Waals surface area contributed by atoms with Gasteiger partial charge in [-0.05, 0) is 31.0 Å². The summed E-state index contributed by atoms with van der Waals surface area (Å²) in [6.07, 6.45) is 1.77. The molecule has 0 radical (unpaired) electrons. The summed E-state index contributed by atoms with van der Waals surface area (Å²) < 4.78 is 12.8. The predicted molar refractivity (Wildman–Crippen MR) is 58.2 cm³/mol. The molecular weight excluding hydrogens is 193 g/mol. The Hall–Kier alpha value is -1.38. The zero-order chi connectivity index (χ0) is 11.3. The molecule has 0 unspecified atom stereocenters. The third kappa shape index (κ3) is 3.35. The van der Waals surface area contributed by atoms with Crippen LogP contribution < -0.4 is 5.32 Å². The molecule has 1 N–H and O–H groups in total. The molecule has 82 valence electrons. The molecule has 2 nitrogen and oxygen atoms in total. The highest BCUT2D eigenvalue weighted by Gasteiger charge is 2.10. The smallest absolute Gasteiger partial charge is 0.251 e. The Morgan fingerprint density at radius 3 is 2.60 bits per heavy atom. The molecule has 0 aliphatic carbocycles. The third-order valence-electron chi connectivity index (χ3n) is 2.41. The number of carbonyl (C=O) groups is 1. The topological polar surface area (TPSA) is 29.1 Å². The van der Waals surface area contributed by atoms with Crippen LogP contribution in [0.4, 0.5) is 4.39 Å². The first-order valence-electron chi connectivity index (χ1n) is 5.23. The van der Waals surface area contributed by atoms with Crippen molar-refractivity contribution in [2.75, 3.05) is 0 Å². The summed E-state index contributed by atoms with van der Waals surface area (Å²) >= 11 is 0. The summed E-state index contributed by atoms with van der Waals surface area (Å²) in [5, 5.41) is 2.85. The second kappa shape index (κ2) is 5.49. The molecule has 0 saturated heterocycles. The minimum atomic E-state index is -0.382. The van der Waals surface area contributed by atoms with E-state index in [0.717, 1.165) is 12.8 Å². The zero-order valence-electron chi connectivity index (χ0n) is 9.09. The molecule has 0 atom stereocenters. The summed E-state index contributed by atoms with van der Waals surface area (Å²) in [6.45, 7) is 4.03. The first kappa shape index (κ1) is 11.7. The van der Waals surface area contributed by atoms with Crippen molar-refractivity contribution in [1.29, 1.82) is 0 Å². The molecule has 0 fully saturated rings. The molecule has 1 rings (SSSR count). The van der Waals surface area contributed by atoms with Crippen LogP contribution in [0, 0.1) is 5.82 Å². The fraction of sp³-hybridized carbons (Fsp3) is 0.417. The highest BCUT2D eigenvalue weighted by Crippen LogP contribution is 2.05. The zero-order valence-corrected chi connectivity index (χ0v) is 9.09. The molecule has 0 saturated carbocycles. The Kier molecular flexibility index (Phi) is 4.28. The SMILES string of the molecule is CCC(CC)NC(=O)c1cccc(F)c1. The van der Waals surface area contributed by atoms with E-state index in [1.165, 1.54) is 18.2 Å². The number of nitrogens with one attached hydrogen (secondary N) is 1. The van der Waals surface area contributed by atoms with Gasteiger partial charge in [0, 0.05) is 11.6 Å². The van der Waals surface area contributed by atoms with E-state index in [0.29, 0.717) is 5.56 Å². The number of hydrogen-bond donors (Lipinski definition) is 1. The molecular formula is C12H16FNO. The lowest BCUT2D eigenvalue weighted by atomic mass is 10.1. The predicted octanol–water partition coefficient (Wildman–Crippen LogP) is 2.74. The Bertz CT molecular complexity index is 334. The highest BCUT2D eigenvalue weighted by atomic mass is 19.1. The van der Waals surface area contributed by atoms with Crippen LogP contribution in [-0.2, 0) is 0 Å². The van der Waals surface area contributed by atoms with Crippen LogP contribution in [0.5, 0.6) is 0 Å². The molecule has 1 aromatic rings. The van der Waals surface area contributed by atoms with Crippen LogP contribution in [0.25, 0.3) is 0 Å². The first-order valence-corrected chi connectivity index (χ1v) is 5.23. The maximum atomic E-state index is 12.8. The molecule has 0 aliphatic rings. The molecule has 0 aromatic heterocycles. The van der Waals surface area contributed by atoms with Crippen LogP contribution in [0.3, 0.4) is 0 Å². The van der Waals surface area contributed by atoms with Crippen LogP contribution in [0.15, 0.2) is 24.3 Å². The standard InChI is InChI=1S/C12H16FNO/c1-3-11(4-2)14-12(15)9-6-5-7-10(13)8-9/h5-8,11H,3-4H2,1-2H3,(H,14,15). The van der Waals surface area contributed by atoms with Gasteiger partial charge in [-0.3, -0.25) is 4.79 Å². The van der Waals surface area contributed by atoms with Crippen molar-refractivity contribution in [2.45, 2.75) is 32.7 Å². The second-order valence-electron chi connectivity index (χ2n) is 3.50. The maximum Gasteiger partial charge on any atom is 0.251 e. The summed E-state index contributed by atoms with van der Waals surface area (Å²) in [5.74, 6) is -0.588. The maximum absolute atomic E-state index is 12.8. The van der Waals surface area contributed by atoms with Gasteiger partial charge in [0.25, 0.3) is 5.91 Å². The van der Waals surface area contributed by atoms with E-state index in [9.17, 15) is 9.18 Å². The quantitative estimate of drug-likeness (QED) is 0.811. The Morgan fingerprint density at radius 2 is 2.07 bits per heavy atom. The number of halogens is 1. The molecule has 0 heterocycles. The van der Waals surface area contributed by atoms with Crippen LogP contribution in [-0.4, -0.2) is 11.9 Å². The average Bonchev–Trinajstić information content (AvgIpc) is 2.25. The van der Waals surface area contributed by atoms with E-state index in [-0.39, 0.29) is 17.8 Å². The lowest BCUT2D eigenvalue weighted by molar-refractivity contribution is 0.0934. The Balaban J connectivity index is 2.68. The van der Waals surface area contributed by atoms with Gasteiger partial charge in [-0.15, -0.1) is 0 Å². The fourth-order valence-corrected chi connectivity index (χ4v) is 1.39. The van der Waals surface area contributed by atoms with Gasteiger partial charge in [-0.1, -0.05) is 19.9 Å². The van der Waals surface area contributed by atoms with Crippen molar-refractivity contribution >= 4 is 5.91 Å². The van der Waals surface area contributed by atoms with Gasteiger partial charge in [-0.25, -0.2) is 4.39 Å². The number of amides is 1. The van der Waals surface area contributed by atoms with Crippen LogP contribution >= 0.6 is 0 Å². The van der Waals surface area contributed by atoms with Gasteiger partial charge in [0.1, 0.15) is 5.82 Å². The molecule has 0 aliphatic heterocycles. The summed E-state index contributed by atoms with van der Waals surface area (Å²) in [7, 11) is 0. The third-order valence-corrected chi connectivity index (χ3v) is 2.41. The van der Waals surface area contributed by atoms with Crippen LogP contribution in [0.1, 0.15) is 37.0 Å². The number of benzene rings is 1. The summed E-state index contributed by atoms with van der Waals surface area (Å²) in [6, 6.07) is 5.89. The average molecular weight is 209 g/mol. The van der Waals surface area contributed by atoms with Gasteiger partial charge >= 0.3 is 0 Å². The lowest BCUT2D eigenvalue weighted by Gasteiger charge is -2.14.